The topological polar surface area (TPSA) is 38.0 Å². The molecular formula is C12H17FN2. The van der Waals surface area contributed by atoms with Gasteiger partial charge in [-0.05, 0) is 36.5 Å². The van der Waals surface area contributed by atoms with Crippen molar-refractivity contribution in [3.63, 3.8) is 0 Å². The molecule has 0 atom stereocenters. The van der Waals surface area contributed by atoms with Crippen molar-refractivity contribution in [2.75, 3.05) is 13.1 Å². The molecule has 82 valence electrons. The average molecular weight is 208 g/mol. The third kappa shape index (κ3) is 2.55. The Balaban J connectivity index is 1.81. The third-order valence-corrected chi connectivity index (χ3v) is 3.06. The molecular weight excluding hydrogens is 191 g/mol. The third-order valence-electron chi connectivity index (χ3n) is 3.06. The monoisotopic (exact) mass is 208 g/mol. The number of nitrogens with two attached hydrogens (primary N) is 1. The van der Waals surface area contributed by atoms with Crippen molar-refractivity contribution < 1.29 is 4.39 Å². The van der Waals surface area contributed by atoms with Gasteiger partial charge < -0.3 is 11.1 Å². The second-order valence-electron chi connectivity index (χ2n) is 4.16. The van der Waals surface area contributed by atoms with E-state index in [9.17, 15) is 4.39 Å². The van der Waals surface area contributed by atoms with Gasteiger partial charge in [0.1, 0.15) is 5.82 Å². The molecule has 0 radical (unpaired) electrons. The summed E-state index contributed by atoms with van der Waals surface area (Å²) in [5, 5.41) is 3.38. The summed E-state index contributed by atoms with van der Waals surface area (Å²) >= 11 is 0. The molecule has 0 aliphatic heterocycles. The lowest BCUT2D eigenvalue weighted by Crippen LogP contribution is -2.42. The van der Waals surface area contributed by atoms with E-state index in [0.717, 1.165) is 19.4 Å². The largest absolute Gasteiger partial charge is 0.329 e. The van der Waals surface area contributed by atoms with Crippen LogP contribution in [0.2, 0.25) is 0 Å². The second-order valence-corrected chi connectivity index (χ2v) is 4.16. The van der Waals surface area contributed by atoms with Gasteiger partial charge in [-0.2, -0.15) is 0 Å². The molecule has 3 heteroatoms. The number of nitrogens with one attached hydrogen (secondary N) is 1. The zero-order valence-corrected chi connectivity index (χ0v) is 8.75. The predicted octanol–water partition coefficient (Wildman–Crippen LogP) is 1.62. The van der Waals surface area contributed by atoms with Crippen LogP contribution in [-0.4, -0.2) is 19.1 Å². The molecule has 15 heavy (non-hydrogen) atoms. The first-order chi connectivity index (χ1) is 7.29. The van der Waals surface area contributed by atoms with Crippen LogP contribution in [0.3, 0.4) is 0 Å². The summed E-state index contributed by atoms with van der Waals surface area (Å²) < 4.78 is 12.7. The van der Waals surface area contributed by atoms with Crippen LogP contribution in [-0.2, 0) is 0 Å². The standard InChI is InChI=1S/C12H17FN2/c13-11-3-1-9(2-4-11)10-7-12(8-10)15-6-5-14/h1-4,10,12,15H,5-8,14H2. The van der Waals surface area contributed by atoms with E-state index in [4.69, 9.17) is 5.73 Å². The lowest BCUT2D eigenvalue weighted by atomic mass is 9.76. The summed E-state index contributed by atoms with van der Waals surface area (Å²) in [5.74, 6) is 0.441. The molecule has 0 amide bonds. The van der Waals surface area contributed by atoms with Crippen molar-refractivity contribution in [1.29, 1.82) is 0 Å². The minimum Gasteiger partial charge on any atom is -0.329 e. The summed E-state index contributed by atoms with van der Waals surface area (Å²) in [6.45, 7) is 1.58. The summed E-state index contributed by atoms with van der Waals surface area (Å²) in [6, 6.07) is 7.45. The Labute approximate surface area is 89.7 Å². The van der Waals surface area contributed by atoms with Gasteiger partial charge in [-0.1, -0.05) is 12.1 Å². The fourth-order valence-electron chi connectivity index (χ4n) is 2.08. The van der Waals surface area contributed by atoms with Crippen LogP contribution >= 0.6 is 0 Å². The van der Waals surface area contributed by atoms with Crippen molar-refractivity contribution in [2.45, 2.75) is 24.8 Å². The Hall–Kier alpha value is -0.930. The highest BCUT2D eigenvalue weighted by Crippen LogP contribution is 2.36. The van der Waals surface area contributed by atoms with Crippen LogP contribution in [0.4, 0.5) is 4.39 Å². The number of halogens is 1. The highest BCUT2D eigenvalue weighted by molar-refractivity contribution is 5.23. The van der Waals surface area contributed by atoms with Crippen molar-refractivity contribution in [3.8, 4) is 0 Å². The van der Waals surface area contributed by atoms with E-state index in [1.54, 1.807) is 0 Å². The van der Waals surface area contributed by atoms with Crippen LogP contribution < -0.4 is 11.1 Å². The van der Waals surface area contributed by atoms with Crippen LogP contribution in [0.5, 0.6) is 0 Å². The zero-order valence-electron chi connectivity index (χ0n) is 8.75. The van der Waals surface area contributed by atoms with Gasteiger partial charge in [0, 0.05) is 19.1 Å². The molecule has 2 rings (SSSR count). The Bertz CT molecular complexity index is 304. The van der Waals surface area contributed by atoms with E-state index in [1.807, 2.05) is 12.1 Å². The molecule has 1 fully saturated rings. The van der Waals surface area contributed by atoms with Crippen molar-refractivity contribution in [2.24, 2.45) is 5.73 Å². The molecule has 1 aromatic rings. The normalized spacial score (nSPS) is 24.9. The first-order valence-electron chi connectivity index (χ1n) is 5.48. The van der Waals surface area contributed by atoms with Crippen molar-refractivity contribution >= 4 is 0 Å². The van der Waals surface area contributed by atoms with Crippen LogP contribution in [0.25, 0.3) is 0 Å². The molecule has 1 aliphatic rings. The minimum absolute atomic E-state index is 0.157. The summed E-state index contributed by atoms with van der Waals surface area (Å²) in [5.41, 5.74) is 6.67. The van der Waals surface area contributed by atoms with E-state index in [0.29, 0.717) is 18.5 Å². The Kier molecular flexibility index (Phi) is 3.34. The fraction of sp³-hybridized carbons (Fsp3) is 0.500. The first kappa shape index (κ1) is 10.6. The van der Waals surface area contributed by atoms with E-state index in [-0.39, 0.29) is 5.82 Å². The minimum atomic E-state index is -0.157. The summed E-state index contributed by atoms with van der Waals surface area (Å²) in [7, 11) is 0. The average Bonchev–Trinajstić information content (AvgIpc) is 2.18. The maximum absolute atomic E-state index is 12.7. The van der Waals surface area contributed by atoms with Crippen molar-refractivity contribution in [1.82, 2.24) is 5.32 Å². The van der Waals surface area contributed by atoms with Gasteiger partial charge in [-0.3, -0.25) is 0 Å². The molecule has 1 aromatic carbocycles. The molecule has 0 aromatic heterocycles. The van der Waals surface area contributed by atoms with Crippen LogP contribution in [0.15, 0.2) is 24.3 Å². The maximum Gasteiger partial charge on any atom is 0.123 e. The highest BCUT2D eigenvalue weighted by Gasteiger charge is 2.29. The van der Waals surface area contributed by atoms with Crippen molar-refractivity contribution in [3.05, 3.63) is 35.6 Å². The molecule has 0 spiro atoms. The number of rotatable bonds is 4. The predicted molar refractivity (Wildman–Crippen MR) is 59.2 cm³/mol. The molecule has 3 N–H and O–H groups in total. The molecule has 0 saturated heterocycles. The summed E-state index contributed by atoms with van der Waals surface area (Å²) in [6.07, 6.45) is 2.29. The van der Waals surface area contributed by atoms with Gasteiger partial charge in [0.25, 0.3) is 0 Å². The van der Waals surface area contributed by atoms with Gasteiger partial charge >= 0.3 is 0 Å². The van der Waals surface area contributed by atoms with E-state index in [1.165, 1.54) is 17.7 Å². The lowest BCUT2D eigenvalue weighted by molar-refractivity contribution is 0.294. The molecule has 0 unspecified atom stereocenters. The van der Waals surface area contributed by atoms with Crippen LogP contribution in [0, 0.1) is 5.82 Å². The fourth-order valence-corrected chi connectivity index (χ4v) is 2.08. The van der Waals surface area contributed by atoms with Gasteiger partial charge in [0.2, 0.25) is 0 Å². The number of hydrogen-bond acceptors (Lipinski definition) is 2. The van der Waals surface area contributed by atoms with Gasteiger partial charge in [-0.15, -0.1) is 0 Å². The van der Waals surface area contributed by atoms with E-state index >= 15 is 0 Å². The van der Waals surface area contributed by atoms with E-state index < -0.39 is 0 Å². The molecule has 1 aliphatic carbocycles. The maximum atomic E-state index is 12.7. The van der Waals surface area contributed by atoms with E-state index in [2.05, 4.69) is 5.32 Å². The highest BCUT2D eigenvalue weighted by atomic mass is 19.1. The SMILES string of the molecule is NCCNC1CC(c2ccc(F)cc2)C1. The second kappa shape index (κ2) is 4.73. The Morgan fingerprint density at radius 2 is 1.93 bits per heavy atom. The van der Waals surface area contributed by atoms with Gasteiger partial charge in [0.15, 0.2) is 0 Å². The van der Waals surface area contributed by atoms with Gasteiger partial charge in [0.05, 0.1) is 0 Å². The Morgan fingerprint density at radius 3 is 2.53 bits per heavy atom. The molecule has 1 saturated carbocycles. The first-order valence-corrected chi connectivity index (χ1v) is 5.48. The number of hydrogen-bond donors (Lipinski definition) is 2. The van der Waals surface area contributed by atoms with Gasteiger partial charge in [-0.25, -0.2) is 4.39 Å². The van der Waals surface area contributed by atoms with Crippen LogP contribution in [0.1, 0.15) is 24.3 Å². The quantitative estimate of drug-likeness (QED) is 0.789. The smallest absolute Gasteiger partial charge is 0.123 e. The zero-order chi connectivity index (χ0) is 10.7. The molecule has 0 heterocycles. The number of benzene rings is 1. The summed E-state index contributed by atoms with van der Waals surface area (Å²) in [4.78, 5) is 0. The lowest BCUT2D eigenvalue weighted by Gasteiger charge is -2.36. The molecule has 2 nitrogen and oxygen atoms in total. The Morgan fingerprint density at radius 1 is 1.27 bits per heavy atom. The molecule has 0 bridgehead atoms.